The molecule has 1 unspecified atom stereocenters. The third-order valence-electron chi connectivity index (χ3n) is 4.83. The van der Waals surface area contributed by atoms with Gasteiger partial charge in [0, 0.05) is 32.7 Å². The first-order valence-corrected chi connectivity index (χ1v) is 8.51. The molecule has 0 aromatic carbocycles. The summed E-state index contributed by atoms with van der Waals surface area (Å²) in [6.07, 6.45) is 1.25. The summed E-state index contributed by atoms with van der Waals surface area (Å²) < 4.78 is 0. The fourth-order valence-electron chi connectivity index (χ4n) is 3.47. The molecule has 2 saturated heterocycles. The summed E-state index contributed by atoms with van der Waals surface area (Å²) in [5, 5.41) is 13.9. The topological polar surface area (TPSA) is 72.9 Å². The number of rotatable bonds is 3. The molecule has 0 spiro atoms. The molecule has 2 aliphatic rings. The molecule has 132 valence electrons. The maximum absolute atomic E-state index is 12.8. The van der Waals surface area contributed by atoms with Gasteiger partial charge in [-0.2, -0.15) is 0 Å². The van der Waals surface area contributed by atoms with E-state index in [0.29, 0.717) is 32.6 Å². The quantitative estimate of drug-likeness (QED) is 0.797. The van der Waals surface area contributed by atoms with E-state index in [9.17, 15) is 14.7 Å². The first-order valence-electron chi connectivity index (χ1n) is 8.51. The number of β-amino-alcohol motifs (C(OH)–C–C–N with tert-alkyl or cyclic N) is 1. The minimum Gasteiger partial charge on any atom is -0.379 e. The Balaban J connectivity index is 2.14. The highest BCUT2D eigenvalue weighted by Crippen LogP contribution is 2.29. The van der Waals surface area contributed by atoms with Crippen molar-refractivity contribution in [2.24, 2.45) is 5.41 Å². The number of carbonyl (C=O) groups is 2. The molecule has 1 atom stereocenters. The number of amides is 2. The van der Waals surface area contributed by atoms with Gasteiger partial charge in [0.25, 0.3) is 5.91 Å². The van der Waals surface area contributed by atoms with Gasteiger partial charge < -0.3 is 15.3 Å². The van der Waals surface area contributed by atoms with Crippen LogP contribution in [0.1, 0.15) is 47.5 Å². The maximum atomic E-state index is 12.8. The van der Waals surface area contributed by atoms with E-state index in [-0.39, 0.29) is 23.8 Å². The number of nitrogens with one attached hydrogen (secondary N) is 1. The minimum atomic E-state index is -1.39. The van der Waals surface area contributed by atoms with Crippen LogP contribution in [0.15, 0.2) is 0 Å². The van der Waals surface area contributed by atoms with Crippen LogP contribution in [0, 0.1) is 5.41 Å². The van der Waals surface area contributed by atoms with E-state index in [1.807, 2.05) is 18.7 Å². The van der Waals surface area contributed by atoms with Gasteiger partial charge in [0.15, 0.2) is 5.60 Å². The highest BCUT2D eigenvalue weighted by Gasteiger charge is 2.48. The van der Waals surface area contributed by atoms with E-state index in [1.54, 1.807) is 4.90 Å². The predicted molar refractivity (Wildman–Crippen MR) is 88.9 cm³/mol. The van der Waals surface area contributed by atoms with E-state index in [2.05, 4.69) is 26.1 Å². The van der Waals surface area contributed by atoms with Gasteiger partial charge in [0.05, 0.1) is 5.54 Å². The van der Waals surface area contributed by atoms with Gasteiger partial charge >= 0.3 is 0 Å². The van der Waals surface area contributed by atoms with Crippen molar-refractivity contribution in [2.75, 3.05) is 32.7 Å². The number of hydrogen-bond acceptors (Lipinski definition) is 4. The second kappa shape index (κ2) is 6.06. The van der Waals surface area contributed by atoms with Crippen molar-refractivity contribution in [3.05, 3.63) is 0 Å². The Hall–Kier alpha value is -1.14. The number of piperazine rings is 1. The Morgan fingerprint density at radius 2 is 1.87 bits per heavy atom. The zero-order valence-corrected chi connectivity index (χ0v) is 15.1. The largest absolute Gasteiger partial charge is 0.379 e. The average Bonchev–Trinajstić information content (AvgIpc) is 2.40. The molecule has 2 heterocycles. The molecular formula is C17H31N3O3. The number of carbonyl (C=O) groups excluding carboxylic acids is 2. The number of piperidine rings is 1. The third-order valence-corrected chi connectivity index (χ3v) is 4.83. The summed E-state index contributed by atoms with van der Waals surface area (Å²) in [5.74, 6) is -0.248. The van der Waals surface area contributed by atoms with Crippen LogP contribution in [0.3, 0.4) is 0 Å². The molecule has 2 N–H and O–H groups in total. The molecule has 2 aliphatic heterocycles. The molecular weight excluding hydrogens is 294 g/mol. The van der Waals surface area contributed by atoms with Gasteiger partial charge in [0.2, 0.25) is 5.91 Å². The van der Waals surface area contributed by atoms with Gasteiger partial charge in [-0.25, -0.2) is 0 Å². The molecule has 2 amide bonds. The molecule has 0 radical (unpaired) electrons. The molecule has 0 saturated carbocycles. The fourth-order valence-corrected chi connectivity index (χ4v) is 3.47. The van der Waals surface area contributed by atoms with Crippen molar-refractivity contribution >= 4 is 11.8 Å². The van der Waals surface area contributed by atoms with Crippen LogP contribution < -0.4 is 5.32 Å². The van der Waals surface area contributed by atoms with E-state index in [0.717, 1.165) is 6.42 Å². The Kier molecular flexibility index (Phi) is 4.79. The van der Waals surface area contributed by atoms with Crippen LogP contribution in [0.25, 0.3) is 0 Å². The highest BCUT2D eigenvalue weighted by molar-refractivity contribution is 5.88. The first-order chi connectivity index (χ1) is 10.5. The molecule has 2 fully saturated rings. The van der Waals surface area contributed by atoms with Crippen molar-refractivity contribution in [1.29, 1.82) is 0 Å². The second-order valence-electron chi connectivity index (χ2n) is 8.66. The number of hydrogen-bond donors (Lipinski definition) is 2. The minimum absolute atomic E-state index is 0.00179. The summed E-state index contributed by atoms with van der Waals surface area (Å²) in [5.41, 5.74) is -2.10. The average molecular weight is 325 g/mol. The SMILES string of the molecule is CC(C)(C)CN1CCCC(O)(CN2CCNC(=O)C2(C)C)C1=O. The molecule has 0 aromatic rings. The smallest absolute Gasteiger partial charge is 0.255 e. The molecule has 0 aromatic heterocycles. The van der Waals surface area contributed by atoms with Gasteiger partial charge in [-0.15, -0.1) is 0 Å². The molecule has 23 heavy (non-hydrogen) atoms. The molecule has 0 bridgehead atoms. The monoisotopic (exact) mass is 325 g/mol. The lowest BCUT2D eigenvalue weighted by Crippen LogP contribution is -2.67. The van der Waals surface area contributed by atoms with Crippen LogP contribution in [0.4, 0.5) is 0 Å². The zero-order valence-electron chi connectivity index (χ0n) is 15.1. The van der Waals surface area contributed by atoms with E-state index >= 15 is 0 Å². The summed E-state index contributed by atoms with van der Waals surface area (Å²) >= 11 is 0. The van der Waals surface area contributed by atoms with Crippen molar-refractivity contribution in [2.45, 2.75) is 58.6 Å². The lowest BCUT2D eigenvalue weighted by Gasteiger charge is -2.47. The van der Waals surface area contributed by atoms with Crippen molar-refractivity contribution in [3.63, 3.8) is 0 Å². The summed E-state index contributed by atoms with van der Waals surface area (Å²) in [6, 6.07) is 0. The lowest BCUT2D eigenvalue weighted by molar-refractivity contribution is -0.165. The van der Waals surface area contributed by atoms with Crippen molar-refractivity contribution in [3.8, 4) is 0 Å². The second-order valence-corrected chi connectivity index (χ2v) is 8.66. The Morgan fingerprint density at radius 1 is 1.22 bits per heavy atom. The maximum Gasteiger partial charge on any atom is 0.255 e. The van der Waals surface area contributed by atoms with E-state index < -0.39 is 11.1 Å². The van der Waals surface area contributed by atoms with Gasteiger partial charge in [0.1, 0.15) is 0 Å². The van der Waals surface area contributed by atoms with Gasteiger partial charge in [-0.3, -0.25) is 14.5 Å². The Labute approximate surface area is 139 Å². The van der Waals surface area contributed by atoms with Crippen LogP contribution >= 0.6 is 0 Å². The van der Waals surface area contributed by atoms with Crippen LogP contribution in [0.5, 0.6) is 0 Å². The number of likely N-dealkylation sites (tertiary alicyclic amines) is 1. The Morgan fingerprint density at radius 3 is 2.48 bits per heavy atom. The highest BCUT2D eigenvalue weighted by atomic mass is 16.3. The number of aliphatic hydroxyl groups is 1. The van der Waals surface area contributed by atoms with Crippen molar-refractivity contribution in [1.82, 2.24) is 15.1 Å². The fraction of sp³-hybridized carbons (Fsp3) is 0.882. The third kappa shape index (κ3) is 3.86. The van der Waals surface area contributed by atoms with Crippen LogP contribution in [-0.2, 0) is 9.59 Å². The number of nitrogens with zero attached hydrogens (tertiary/aromatic N) is 2. The molecule has 6 nitrogen and oxygen atoms in total. The zero-order chi connectivity index (χ0) is 17.5. The predicted octanol–water partition coefficient (Wildman–Crippen LogP) is 0.596. The normalized spacial score (nSPS) is 29.6. The van der Waals surface area contributed by atoms with E-state index in [1.165, 1.54) is 0 Å². The Bertz CT molecular complexity index is 484. The van der Waals surface area contributed by atoms with Gasteiger partial charge in [-0.1, -0.05) is 20.8 Å². The van der Waals surface area contributed by atoms with Gasteiger partial charge in [-0.05, 0) is 32.1 Å². The van der Waals surface area contributed by atoms with Crippen molar-refractivity contribution < 1.29 is 14.7 Å². The standard InChI is InChI=1S/C17H31N3O3/c1-15(2,3)11-19-9-6-7-17(23,14(19)22)12-20-10-8-18-13(21)16(20,4)5/h23H,6-12H2,1-5H3,(H,18,21). The summed E-state index contributed by atoms with van der Waals surface area (Å²) in [6.45, 7) is 12.7. The van der Waals surface area contributed by atoms with Crippen LogP contribution in [-0.4, -0.2) is 70.6 Å². The molecule has 2 rings (SSSR count). The summed E-state index contributed by atoms with van der Waals surface area (Å²) in [7, 11) is 0. The first kappa shape index (κ1) is 18.2. The molecule has 6 heteroatoms. The molecule has 0 aliphatic carbocycles. The van der Waals surface area contributed by atoms with Crippen LogP contribution in [0.2, 0.25) is 0 Å². The summed E-state index contributed by atoms with van der Waals surface area (Å²) in [4.78, 5) is 28.6. The lowest BCUT2D eigenvalue weighted by atomic mass is 9.86. The van der Waals surface area contributed by atoms with E-state index in [4.69, 9.17) is 0 Å².